The number of benzene rings is 2. The van der Waals surface area contributed by atoms with E-state index in [2.05, 4.69) is 9.82 Å². The van der Waals surface area contributed by atoms with Crippen LogP contribution in [0, 0.1) is 0 Å². The van der Waals surface area contributed by atoms with Gasteiger partial charge in [0.2, 0.25) is 15.9 Å². The fourth-order valence-corrected chi connectivity index (χ4v) is 4.68. The Kier molecular flexibility index (Phi) is 5.71. The third kappa shape index (κ3) is 4.42. The molecule has 9 heteroatoms. The topological polar surface area (TPSA) is 101 Å². The van der Waals surface area contributed by atoms with Gasteiger partial charge in [0.1, 0.15) is 0 Å². The van der Waals surface area contributed by atoms with Gasteiger partial charge in [-0.3, -0.25) is 9.59 Å². The van der Waals surface area contributed by atoms with E-state index in [9.17, 15) is 18.0 Å². The summed E-state index contributed by atoms with van der Waals surface area (Å²) >= 11 is 0. The van der Waals surface area contributed by atoms with E-state index in [1.54, 1.807) is 23.1 Å². The lowest BCUT2D eigenvalue weighted by molar-refractivity contribution is -0.116. The van der Waals surface area contributed by atoms with Gasteiger partial charge in [0.25, 0.3) is 5.56 Å². The van der Waals surface area contributed by atoms with Crippen LogP contribution in [0.2, 0.25) is 0 Å². The van der Waals surface area contributed by atoms with Crippen molar-refractivity contribution in [2.75, 3.05) is 18.0 Å². The summed E-state index contributed by atoms with van der Waals surface area (Å²) in [5.74, 6) is -0.0665. The number of amides is 1. The van der Waals surface area contributed by atoms with Gasteiger partial charge in [-0.1, -0.05) is 30.3 Å². The minimum Gasteiger partial charge on any atom is -0.312 e. The Balaban J connectivity index is 1.46. The largest absolute Gasteiger partial charge is 0.312 e. The van der Waals surface area contributed by atoms with Crippen molar-refractivity contribution in [1.82, 2.24) is 14.5 Å². The van der Waals surface area contributed by atoms with Crippen molar-refractivity contribution in [3.05, 3.63) is 76.6 Å². The summed E-state index contributed by atoms with van der Waals surface area (Å²) in [5, 5.41) is 4.34. The molecule has 160 valence electrons. The molecule has 8 nitrogen and oxygen atoms in total. The summed E-state index contributed by atoms with van der Waals surface area (Å²) < 4.78 is 29.2. The van der Waals surface area contributed by atoms with Gasteiger partial charge in [0, 0.05) is 37.3 Å². The predicted octanol–water partition coefficient (Wildman–Crippen LogP) is 1.80. The summed E-state index contributed by atoms with van der Waals surface area (Å²) in [5.41, 5.74) is 2.78. The van der Waals surface area contributed by atoms with E-state index in [0.717, 1.165) is 16.8 Å². The van der Waals surface area contributed by atoms with Crippen LogP contribution in [0.1, 0.15) is 12.5 Å². The second-order valence-corrected chi connectivity index (χ2v) is 9.02. The van der Waals surface area contributed by atoms with Crippen LogP contribution in [0.5, 0.6) is 0 Å². The van der Waals surface area contributed by atoms with Gasteiger partial charge in [-0.15, -0.1) is 0 Å². The van der Waals surface area contributed by atoms with E-state index < -0.39 is 10.0 Å². The Hall–Kier alpha value is -3.30. The van der Waals surface area contributed by atoms with Crippen molar-refractivity contribution in [3.63, 3.8) is 0 Å². The van der Waals surface area contributed by atoms with Gasteiger partial charge >= 0.3 is 0 Å². The zero-order chi connectivity index (χ0) is 22.0. The van der Waals surface area contributed by atoms with Gasteiger partial charge in [-0.2, -0.15) is 5.10 Å². The number of anilines is 1. The second kappa shape index (κ2) is 8.44. The molecule has 0 fully saturated rings. The number of carbonyl (C=O) groups excluding carboxylic acids is 1. The van der Waals surface area contributed by atoms with E-state index >= 15 is 0 Å². The van der Waals surface area contributed by atoms with Crippen LogP contribution in [-0.4, -0.2) is 37.2 Å². The zero-order valence-electron chi connectivity index (χ0n) is 17.0. The number of aromatic nitrogens is 2. The molecule has 0 radical (unpaired) electrons. The fourth-order valence-electron chi connectivity index (χ4n) is 3.61. The molecule has 1 aliphatic heterocycles. The molecule has 1 aliphatic rings. The highest BCUT2D eigenvalue weighted by Gasteiger charge is 2.24. The molecule has 31 heavy (non-hydrogen) atoms. The molecular formula is C22H22N4O4S. The SMILES string of the molecule is CC(=O)N1CCc2cc(S(=O)(=O)NCCn3nc(-c4ccccc4)ccc3=O)ccc21. The molecule has 1 N–H and O–H groups in total. The lowest BCUT2D eigenvalue weighted by Gasteiger charge is -2.15. The van der Waals surface area contributed by atoms with Crippen LogP contribution in [0.4, 0.5) is 5.69 Å². The van der Waals surface area contributed by atoms with Crippen LogP contribution < -0.4 is 15.2 Å². The molecule has 2 heterocycles. The maximum Gasteiger partial charge on any atom is 0.266 e. The van der Waals surface area contributed by atoms with Gasteiger partial charge in [0.15, 0.2) is 0 Å². The summed E-state index contributed by atoms with van der Waals surface area (Å²) in [6.45, 7) is 2.16. The highest BCUT2D eigenvalue weighted by atomic mass is 32.2. The van der Waals surface area contributed by atoms with E-state index in [1.165, 1.54) is 23.7 Å². The maximum atomic E-state index is 12.7. The standard InChI is InChI=1S/C22H22N4O4S/c1-16(27)25-13-11-18-15-19(7-9-21(18)25)31(29,30)23-12-14-26-22(28)10-8-20(24-26)17-5-3-2-4-6-17/h2-10,15,23H,11-14H2,1H3. The molecule has 0 bridgehead atoms. The highest BCUT2D eigenvalue weighted by Crippen LogP contribution is 2.30. The van der Waals surface area contributed by atoms with Crippen LogP contribution in [0.3, 0.4) is 0 Å². The summed E-state index contributed by atoms with van der Waals surface area (Å²) in [6.07, 6.45) is 0.615. The second-order valence-electron chi connectivity index (χ2n) is 7.25. The third-order valence-corrected chi connectivity index (χ3v) is 6.65. The maximum absolute atomic E-state index is 12.7. The minimum atomic E-state index is -3.76. The van der Waals surface area contributed by atoms with E-state index in [-0.39, 0.29) is 29.5 Å². The van der Waals surface area contributed by atoms with Gasteiger partial charge in [-0.25, -0.2) is 17.8 Å². The fraction of sp³-hybridized carbons (Fsp3) is 0.227. The van der Waals surface area contributed by atoms with Gasteiger partial charge in [-0.05, 0) is 36.2 Å². The lowest BCUT2D eigenvalue weighted by atomic mass is 10.1. The van der Waals surface area contributed by atoms with Crippen molar-refractivity contribution >= 4 is 21.6 Å². The van der Waals surface area contributed by atoms with E-state index in [4.69, 9.17) is 0 Å². The van der Waals surface area contributed by atoms with E-state index in [0.29, 0.717) is 18.7 Å². The Morgan fingerprint density at radius 2 is 1.87 bits per heavy atom. The number of sulfonamides is 1. The number of carbonyl (C=O) groups is 1. The number of hydrogen-bond acceptors (Lipinski definition) is 5. The first-order chi connectivity index (χ1) is 14.8. The molecule has 0 saturated heterocycles. The van der Waals surface area contributed by atoms with Crippen molar-refractivity contribution in [1.29, 1.82) is 0 Å². The van der Waals surface area contributed by atoms with Crippen molar-refractivity contribution < 1.29 is 13.2 Å². The smallest absolute Gasteiger partial charge is 0.266 e. The third-order valence-electron chi connectivity index (χ3n) is 5.19. The quantitative estimate of drug-likeness (QED) is 0.632. The van der Waals surface area contributed by atoms with Crippen molar-refractivity contribution in [3.8, 4) is 11.3 Å². The summed E-state index contributed by atoms with van der Waals surface area (Å²) in [6, 6.07) is 17.3. The lowest BCUT2D eigenvalue weighted by Crippen LogP contribution is -2.32. The molecule has 3 aromatic rings. The molecule has 2 aromatic carbocycles. The zero-order valence-corrected chi connectivity index (χ0v) is 17.8. The van der Waals surface area contributed by atoms with Crippen LogP contribution >= 0.6 is 0 Å². The number of nitrogens with one attached hydrogen (secondary N) is 1. The number of fused-ring (bicyclic) bond motifs is 1. The predicted molar refractivity (Wildman–Crippen MR) is 117 cm³/mol. The first-order valence-electron chi connectivity index (χ1n) is 9.89. The Labute approximate surface area is 180 Å². The molecule has 0 spiro atoms. The molecule has 0 aliphatic carbocycles. The summed E-state index contributed by atoms with van der Waals surface area (Å²) in [7, 11) is -3.76. The molecule has 0 atom stereocenters. The summed E-state index contributed by atoms with van der Waals surface area (Å²) in [4.78, 5) is 25.6. The Bertz CT molecular complexity index is 1290. The number of nitrogens with zero attached hydrogens (tertiary/aromatic N) is 3. The average molecular weight is 439 g/mol. The first-order valence-corrected chi connectivity index (χ1v) is 11.4. The molecule has 4 rings (SSSR count). The van der Waals surface area contributed by atoms with Crippen molar-refractivity contribution in [2.24, 2.45) is 0 Å². The molecule has 0 saturated carbocycles. The molecule has 0 unspecified atom stereocenters. The Morgan fingerprint density at radius 1 is 1.10 bits per heavy atom. The number of rotatable bonds is 6. The number of hydrogen-bond donors (Lipinski definition) is 1. The molecule has 1 aromatic heterocycles. The van der Waals surface area contributed by atoms with Gasteiger partial charge in [0.05, 0.1) is 17.1 Å². The highest BCUT2D eigenvalue weighted by molar-refractivity contribution is 7.89. The van der Waals surface area contributed by atoms with Crippen LogP contribution in [-0.2, 0) is 27.8 Å². The first kappa shape index (κ1) is 21.0. The van der Waals surface area contributed by atoms with Crippen LogP contribution in [0.25, 0.3) is 11.3 Å². The molecular weight excluding hydrogens is 416 g/mol. The minimum absolute atomic E-state index is 0.0180. The molecule has 1 amide bonds. The normalized spacial score (nSPS) is 13.3. The van der Waals surface area contributed by atoms with Crippen molar-refractivity contribution in [2.45, 2.75) is 24.8 Å². The Morgan fingerprint density at radius 3 is 2.61 bits per heavy atom. The average Bonchev–Trinajstić information content (AvgIpc) is 3.19. The van der Waals surface area contributed by atoms with E-state index in [1.807, 2.05) is 30.3 Å². The van der Waals surface area contributed by atoms with Gasteiger partial charge < -0.3 is 4.90 Å². The van der Waals surface area contributed by atoms with Crippen LogP contribution in [0.15, 0.2) is 70.4 Å². The monoisotopic (exact) mass is 438 g/mol.